The lowest BCUT2D eigenvalue weighted by Gasteiger charge is -2.38. The van der Waals surface area contributed by atoms with Crippen molar-refractivity contribution in [2.45, 2.75) is 63.5 Å². The van der Waals surface area contributed by atoms with Gasteiger partial charge in [0.25, 0.3) is 5.91 Å². The first-order chi connectivity index (χ1) is 12.1. The summed E-state index contributed by atoms with van der Waals surface area (Å²) in [6, 6.07) is 0.213. The number of piperidine rings is 1. The van der Waals surface area contributed by atoms with Gasteiger partial charge in [-0.2, -0.15) is 0 Å². The van der Waals surface area contributed by atoms with Crippen molar-refractivity contribution >= 4 is 11.8 Å². The van der Waals surface area contributed by atoms with Crippen LogP contribution in [0.25, 0.3) is 0 Å². The Bertz CT molecular complexity index is 663. The molecule has 2 aliphatic heterocycles. The number of carbonyl (C=O) groups is 2. The van der Waals surface area contributed by atoms with E-state index >= 15 is 0 Å². The highest BCUT2D eigenvalue weighted by Gasteiger charge is 2.37. The number of aryl methyl sites for hydroxylation is 1. The van der Waals surface area contributed by atoms with E-state index in [-0.39, 0.29) is 17.9 Å². The van der Waals surface area contributed by atoms with Gasteiger partial charge in [0.15, 0.2) is 5.69 Å². The summed E-state index contributed by atoms with van der Waals surface area (Å²) >= 11 is 0. The number of primary amides is 1. The zero-order valence-corrected chi connectivity index (χ0v) is 14.6. The fraction of sp³-hybridized carbons (Fsp3) is 0.722. The molecule has 0 radical (unpaired) electrons. The molecule has 2 saturated heterocycles. The van der Waals surface area contributed by atoms with Crippen LogP contribution in [0.4, 0.5) is 0 Å². The molecule has 1 aromatic heterocycles. The lowest BCUT2D eigenvalue weighted by molar-refractivity contribution is -0.123. The van der Waals surface area contributed by atoms with Crippen LogP contribution >= 0.6 is 0 Å². The van der Waals surface area contributed by atoms with Crippen LogP contribution in [0.1, 0.15) is 60.3 Å². The average Bonchev–Trinajstić information content (AvgIpc) is 3.28. The summed E-state index contributed by atoms with van der Waals surface area (Å²) in [6.45, 7) is 2.34. The third-order valence-electron chi connectivity index (χ3n) is 6.00. The molecular formula is C18H26N4O3. The highest BCUT2D eigenvalue weighted by atomic mass is 16.5. The van der Waals surface area contributed by atoms with Gasteiger partial charge >= 0.3 is 0 Å². The molecule has 1 aromatic rings. The van der Waals surface area contributed by atoms with Gasteiger partial charge in [0.2, 0.25) is 5.91 Å². The number of nitrogens with zero attached hydrogens (tertiary/aromatic N) is 3. The number of likely N-dealkylation sites (tertiary alicyclic amines) is 2. The van der Waals surface area contributed by atoms with Crippen molar-refractivity contribution in [2.75, 3.05) is 19.6 Å². The van der Waals surface area contributed by atoms with Crippen molar-refractivity contribution in [3.05, 3.63) is 17.0 Å². The average molecular weight is 346 g/mol. The van der Waals surface area contributed by atoms with Gasteiger partial charge in [0.05, 0.1) is 6.04 Å². The van der Waals surface area contributed by atoms with Crippen molar-refractivity contribution in [2.24, 2.45) is 5.73 Å². The maximum Gasteiger partial charge on any atom is 0.276 e. The van der Waals surface area contributed by atoms with Crippen LogP contribution in [0.3, 0.4) is 0 Å². The molecule has 2 amide bonds. The topological polar surface area (TPSA) is 92.7 Å². The fourth-order valence-electron chi connectivity index (χ4n) is 4.63. The number of fused-ring (bicyclic) bond motifs is 1. The van der Waals surface area contributed by atoms with Gasteiger partial charge < -0.3 is 15.2 Å². The molecule has 3 heterocycles. The summed E-state index contributed by atoms with van der Waals surface area (Å²) in [6.07, 6.45) is 7.65. The molecule has 7 nitrogen and oxygen atoms in total. The summed E-state index contributed by atoms with van der Waals surface area (Å²) in [5.41, 5.74) is 7.07. The quantitative estimate of drug-likeness (QED) is 0.885. The smallest absolute Gasteiger partial charge is 0.276 e. The normalized spacial score (nSPS) is 25.1. The third-order valence-corrected chi connectivity index (χ3v) is 6.00. The number of carbonyl (C=O) groups excluding carboxylic acids is 2. The monoisotopic (exact) mass is 346 g/mol. The van der Waals surface area contributed by atoms with Crippen LogP contribution in [0, 0.1) is 0 Å². The number of hydrogen-bond acceptors (Lipinski definition) is 5. The summed E-state index contributed by atoms with van der Waals surface area (Å²) in [4.78, 5) is 28.6. The zero-order chi connectivity index (χ0) is 17.4. The van der Waals surface area contributed by atoms with E-state index < -0.39 is 0 Å². The lowest BCUT2D eigenvalue weighted by Crippen LogP contribution is -2.51. The Labute approximate surface area is 147 Å². The number of aromatic nitrogens is 1. The third kappa shape index (κ3) is 3.05. The van der Waals surface area contributed by atoms with Crippen LogP contribution in [0.5, 0.6) is 0 Å². The van der Waals surface area contributed by atoms with Crippen molar-refractivity contribution in [3.8, 4) is 0 Å². The highest BCUT2D eigenvalue weighted by Crippen LogP contribution is 2.28. The van der Waals surface area contributed by atoms with Crippen LogP contribution in [0.2, 0.25) is 0 Å². The first kappa shape index (κ1) is 16.6. The van der Waals surface area contributed by atoms with Gasteiger partial charge in [-0.1, -0.05) is 5.16 Å². The Morgan fingerprint density at radius 1 is 1.04 bits per heavy atom. The van der Waals surface area contributed by atoms with Gasteiger partial charge in [-0.25, -0.2) is 0 Å². The predicted molar refractivity (Wildman–Crippen MR) is 91.0 cm³/mol. The van der Waals surface area contributed by atoms with Crippen LogP contribution < -0.4 is 5.73 Å². The minimum Gasteiger partial charge on any atom is -0.368 e. The molecule has 1 atom stereocenters. The van der Waals surface area contributed by atoms with Crippen molar-refractivity contribution in [3.63, 3.8) is 0 Å². The van der Waals surface area contributed by atoms with E-state index in [0.29, 0.717) is 24.8 Å². The van der Waals surface area contributed by atoms with Crippen LogP contribution in [-0.4, -0.2) is 58.5 Å². The largest absolute Gasteiger partial charge is 0.368 e. The molecule has 4 rings (SSSR count). The van der Waals surface area contributed by atoms with E-state index in [2.05, 4.69) is 10.1 Å². The van der Waals surface area contributed by atoms with E-state index in [0.717, 1.165) is 69.2 Å². The molecule has 2 fully saturated rings. The standard InChI is InChI=1S/C18H26N4O3/c19-17(23)14-5-3-9-22(14)12-7-10-21(11-8-12)18(24)16-13-4-1-2-6-15(13)25-20-16/h12,14H,1-11H2,(H2,19,23)/t14-/m1/s1. The second-order valence-corrected chi connectivity index (χ2v) is 7.46. The summed E-state index contributed by atoms with van der Waals surface area (Å²) < 4.78 is 5.38. The second-order valence-electron chi connectivity index (χ2n) is 7.46. The Hall–Kier alpha value is -1.89. The summed E-state index contributed by atoms with van der Waals surface area (Å²) in [5, 5.41) is 4.07. The van der Waals surface area contributed by atoms with E-state index in [9.17, 15) is 9.59 Å². The van der Waals surface area contributed by atoms with Gasteiger partial charge in [-0.05, 0) is 51.5 Å². The zero-order valence-electron chi connectivity index (χ0n) is 14.6. The molecule has 0 unspecified atom stereocenters. The van der Waals surface area contributed by atoms with Crippen molar-refractivity contribution in [1.82, 2.24) is 15.0 Å². The van der Waals surface area contributed by atoms with E-state index in [1.54, 1.807) is 0 Å². The van der Waals surface area contributed by atoms with Crippen molar-refractivity contribution in [1.29, 1.82) is 0 Å². The highest BCUT2D eigenvalue weighted by molar-refractivity contribution is 5.94. The Morgan fingerprint density at radius 2 is 1.80 bits per heavy atom. The Morgan fingerprint density at radius 3 is 2.56 bits per heavy atom. The maximum atomic E-state index is 12.8. The Kier molecular flexibility index (Phi) is 4.50. The second kappa shape index (κ2) is 6.78. The first-order valence-electron chi connectivity index (χ1n) is 9.47. The van der Waals surface area contributed by atoms with E-state index in [4.69, 9.17) is 10.3 Å². The fourth-order valence-corrected chi connectivity index (χ4v) is 4.63. The lowest BCUT2D eigenvalue weighted by atomic mass is 9.95. The van der Waals surface area contributed by atoms with E-state index in [1.165, 1.54) is 0 Å². The summed E-state index contributed by atoms with van der Waals surface area (Å²) in [5.74, 6) is 0.675. The molecule has 2 N–H and O–H groups in total. The van der Waals surface area contributed by atoms with Crippen LogP contribution in [0.15, 0.2) is 4.52 Å². The van der Waals surface area contributed by atoms with Crippen LogP contribution in [-0.2, 0) is 17.6 Å². The molecule has 0 bridgehead atoms. The molecule has 0 saturated carbocycles. The molecule has 25 heavy (non-hydrogen) atoms. The number of hydrogen-bond donors (Lipinski definition) is 1. The van der Waals surface area contributed by atoms with Gasteiger partial charge in [0.1, 0.15) is 5.76 Å². The summed E-state index contributed by atoms with van der Waals surface area (Å²) in [7, 11) is 0. The predicted octanol–water partition coefficient (Wildman–Crippen LogP) is 1.11. The van der Waals surface area contributed by atoms with E-state index in [1.807, 2.05) is 4.90 Å². The Balaban J connectivity index is 1.39. The molecule has 3 aliphatic rings. The molecule has 0 aromatic carbocycles. The van der Waals surface area contributed by atoms with Gasteiger partial charge in [-0.15, -0.1) is 0 Å². The number of rotatable bonds is 3. The molecule has 0 spiro atoms. The molecule has 7 heteroatoms. The minimum atomic E-state index is -0.217. The first-order valence-corrected chi connectivity index (χ1v) is 9.47. The number of amides is 2. The maximum absolute atomic E-state index is 12.8. The SMILES string of the molecule is NC(=O)[C@H]1CCCN1C1CCN(C(=O)c2noc3c2CCCC3)CC1. The van der Waals surface area contributed by atoms with Gasteiger partial charge in [-0.3, -0.25) is 14.5 Å². The molecule has 1 aliphatic carbocycles. The number of nitrogens with two attached hydrogens (primary N) is 1. The minimum absolute atomic E-state index is 0.00165. The van der Waals surface area contributed by atoms with Gasteiger partial charge in [0, 0.05) is 31.1 Å². The molecule has 136 valence electrons. The van der Waals surface area contributed by atoms with Crippen molar-refractivity contribution < 1.29 is 14.1 Å². The molecular weight excluding hydrogens is 320 g/mol.